The Balaban J connectivity index is 1.88. The molecule has 2 heteroatoms. The summed E-state index contributed by atoms with van der Waals surface area (Å²) in [4.78, 5) is 0. The smallest absolute Gasteiger partial charge is 0.0298 e. The molecular formula is C29H42Cl2. The van der Waals surface area contributed by atoms with E-state index >= 15 is 0 Å². The first-order chi connectivity index (χ1) is 14.3. The van der Waals surface area contributed by atoms with Gasteiger partial charge in [-0.05, 0) is 89.9 Å². The Morgan fingerprint density at radius 2 is 0.871 bits per heavy atom. The van der Waals surface area contributed by atoms with Gasteiger partial charge in [0, 0.05) is 21.9 Å². The molecular weight excluding hydrogens is 419 g/mol. The van der Waals surface area contributed by atoms with Crippen molar-refractivity contribution in [1.29, 1.82) is 0 Å². The third kappa shape index (κ3) is 3.73. The molecule has 0 saturated heterocycles. The zero-order valence-corrected chi connectivity index (χ0v) is 22.6. The van der Waals surface area contributed by atoms with Gasteiger partial charge in [0.25, 0.3) is 0 Å². The van der Waals surface area contributed by atoms with Gasteiger partial charge in [0.1, 0.15) is 0 Å². The van der Waals surface area contributed by atoms with E-state index in [0.29, 0.717) is 11.8 Å². The van der Waals surface area contributed by atoms with E-state index in [1.54, 1.807) is 22.3 Å². The number of hydrogen-bond acceptors (Lipinski definition) is 0. The van der Waals surface area contributed by atoms with Crippen LogP contribution in [0.4, 0.5) is 0 Å². The lowest BCUT2D eigenvalue weighted by molar-refractivity contribution is 0.217. The monoisotopic (exact) mass is 460 g/mol. The fraction of sp³-hybridized carbons (Fsp3) is 0.724. The lowest BCUT2D eigenvalue weighted by Gasteiger charge is -2.42. The van der Waals surface area contributed by atoms with Crippen LogP contribution in [0.1, 0.15) is 107 Å². The first-order valence-electron chi connectivity index (χ1n) is 12.5. The van der Waals surface area contributed by atoms with Gasteiger partial charge >= 0.3 is 0 Å². The summed E-state index contributed by atoms with van der Waals surface area (Å²) in [6.45, 7) is 18.9. The summed E-state index contributed by atoms with van der Waals surface area (Å²) >= 11 is 14.8. The average Bonchev–Trinajstić information content (AvgIpc) is 3.11. The molecule has 0 fully saturated rings. The molecule has 0 heterocycles. The third-order valence-electron chi connectivity index (χ3n) is 8.29. The molecule has 4 aliphatic rings. The van der Waals surface area contributed by atoms with Crippen molar-refractivity contribution in [2.45, 2.75) is 107 Å². The van der Waals surface area contributed by atoms with Gasteiger partial charge in [-0.2, -0.15) is 0 Å². The number of halogens is 2. The molecule has 0 aliphatic heterocycles. The highest BCUT2D eigenvalue weighted by Gasteiger charge is 2.52. The van der Waals surface area contributed by atoms with Crippen LogP contribution >= 0.6 is 23.2 Å². The summed E-state index contributed by atoms with van der Waals surface area (Å²) in [5.41, 5.74) is 9.48. The summed E-state index contributed by atoms with van der Waals surface area (Å²) in [7, 11) is 0. The van der Waals surface area contributed by atoms with Gasteiger partial charge in [-0.3, -0.25) is 0 Å². The molecule has 4 rings (SSSR count). The molecule has 0 nitrogen and oxygen atoms in total. The van der Waals surface area contributed by atoms with E-state index < -0.39 is 0 Å². The van der Waals surface area contributed by atoms with Crippen LogP contribution in [0.25, 0.3) is 0 Å². The first-order valence-corrected chi connectivity index (χ1v) is 13.3. The van der Waals surface area contributed by atoms with Gasteiger partial charge in [0.05, 0.1) is 0 Å². The van der Waals surface area contributed by atoms with E-state index in [1.165, 1.54) is 62.5 Å². The topological polar surface area (TPSA) is 0 Å². The number of hydrogen-bond donors (Lipinski definition) is 0. The van der Waals surface area contributed by atoms with Gasteiger partial charge in [-0.1, -0.05) is 89.7 Å². The maximum absolute atomic E-state index is 7.38. The molecule has 0 bridgehead atoms. The molecule has 0 amide bonds. The summed E-state index contributed by atoms with van der Waals surface area (Å²) in [5, 5.41) is 2.24. The zero-order chi connectivity index (χ0) is 22.9. The second-order valence-electron chi connectivity index (χ2n) is 13.1. The van der Waals surface area contributed by atoms with Gasteiger partial charge in [-0.15, -0.1) is 0 Å². The molecule has 2 unspecified atom stereocenters. The SMILES string of the molecule is CC(C)(C)C1=C(Cl)C(C(C)(C)C2C(Cl)=C(C(C)(C)C)C3=C2CCCC3)C2=C1CCCC2. The molecule has 2 atom stereocenters. The van der Waals surface area contributed by atoms with Gasteiger partial charge in [0.2, 0.25) is 0 Å². The Labute approximate surface area is 201 Å². The minimum atomic E-state index is -0.0238. The van der Waals surface area contributed by atoms with Crippen LogP contribution in [0.2, 0.25) is 0 Å². The van der Waals surface area contributed by atoms with Crippen molar-refractivity contribution in [2.24, 2.45) is 28.1 Å². The zero-order valence-electron chi connectivity index (χ0n) is 21.1. The maximum Gasteiger partial charge on any atom is 0.0298 e. The van der Waals surface area contributed by atoms with Gasteiger partial charge in [0.15, 0.2) is 0 Å². The fourth-order valence-electron chi connectivity index (χ4n) is 7.29. The molecule has 0 aromatic carbocycles. The van der Waals surface area contributed by atoms with E-state index in [9.17, 15) is 0 Å². The number of allylic oxidation sites excluding steroid dienone is 8. The minimum absolute atomic E-state index is 0.0238. The van der Waals surface area contributed by atoms with E-state index in [2.05, 4.69) is 55.4 Å². The summed E-state index contributed by atoms with van der Waals surface area (Å²) in [5.74, 6) is 0.597. The maximum atomic E-state index is 7.38. The largest absolute Gasteiger partial charge is 0.0881 e. The van der Waals surface area contributed by atoms with Crippen LogP contribution in [0.3, 0.4) is 0 Å². The normalized spacial score (nSPS) is 28.1. The van der Waals surface area contributed by atoms with Crippen LogP contribution < -0.4 is 0 Å². The van der Waals surface area contributed by atoms with Gasteiger partial charge < -0.3 is 0 Å². The van der Waals surface area contributed by atoms with Crippen LogP contribution in [-0.4, -0.2) is 0 Å². The molecule has 0 aromatic rings. The highest BCUT2D eigenvalue weighted by molar-refractivity contribution is 6.32. The van der Waals surface area contributed by atoms with Crippen LogP contribution in [0.5, 0.6) is 0 Å². The van der Waals surface area contributed by atoms with Crippen LogP contribution in [0.15, 0.2) is 43.5 Å². The minimum Gasteiger partial charge on any atom is -0.0881 e. The van der Waals surface area contributed by atoms with Crippen molar-refractivity contribution in [3.8, 4) is 0 Å². The van der Waals surface area contributed by atoms with E-state index in [1.807, 2.05) is 0 Å². The van der Waals surface area contributed by atoms with Crippen molar-refractivity contribution in [3.05, 3.63) is 43.5 Å². The van der Waals surface area contributed by atoms with Crippen molar-refractivity contribution in [3.63, 3.8) is 0 Å². The Morgan fingerprint density at radius 1 is 0.548 bits per heavy atom. The Hall–Kier alpha value is -0.460. The van der Waals surface area contributed by atoms with E-state index in [4.69, 9.17) is 23.2 Å². The summed E-state index contributed by atoms with van der Waals surface area (Å²) < 4.78 is 0. The summed E-state index contributed by atoms with van der Waals surface area (Å²) in [6, 6.07) is 0. The molecule has 0 aromatic heterocycles. The second kappa shape index (κ2) is 7.80. The quantitative estimate of drug-likeness (QED) is 0.384. The molecule has 172 valence electrons. The van der Waals surface area contributed by atoms with Crippen molar-refractivity contribution in [1.82, 2.24) is 0 Å². The molecule has 0 N–H and O–H groups in total. The Kier molecular flexibility index (Phi) is 5.96. The van der Waals surface area contributed by atoms with Crippen LogP contribution in [-0.2, 0) is 0 Å². The molecule has 0 saturated carbocycles. The average molecular weight is 462 g/mol. The van der Waals surface area contributed by atoms with E-state index in [-0.39, 0.29) is 16.2 Å². The first kappa shape index (κ1) is 23.7. The van der Waals surface area contributed by atoms with Gasteiger partial charge in [-0.25, -0.2) is 0 Å². The predicted molar refractivity (Wildman–Crippen MR) is 136 cm³/mol. The molecule has 0 spiro atoms. The lowest BCUT2D eigenvalue weighted by Crippen LogP contribution is -2.35. The van der Waals surface area contributed by atoms with Crippen LogP contribution in [0, 0.1) is 28.1 Å². The third-order valence-corrected chi connectivity index (χ3v) is 9.11. The highest BCUT2D eigenvalue weighted by atomic mass is 35.5. The Bertz CT molecular complexity index is 831. The Morgan fingerprint density at radius 3 is 1.19 bits per heavy atom. The molecule has 31 heavy (non-hydrogen) atoms. The second-order valence-corrected chi connectivity index (χ2v) is 13.9. The fourth-order valence-corrected chi connectivity index (χ4v) is 8.91. The van der Waals surface area contributed by atoms with Crippen molar-refractivity contribution >= 4 is 23.2 Å². The van der Waals surface area contributed by atoms with E-state index in [0.717, 1.165) is 10.1 Å². The standard InChI is InChI=1S/C29H42Cl2/c1-27(2,3)21-17-13-9-11-15-19(17)23(25(21)30)29(7,8)24-20-16-12-10-14-18(20)22(26(24)31)28(4,5)6/h23-24H,9-16H2,1-8H3. The predicted octanol–water partition coefficient (Wildman–Crippen LogP) is 10.1. The summed E-state index contributed by atoms with van der Waals surface area (Å²) in [6.07, 6.45) is 9.97. The van der Waals surface area contributed by atoms with Crippen molar-refractivity contribution < 1.29 is 0 Å². The number of rotatable bonds is 2. The molecule has 4 aliphatic carbocycles. The molecule has 0 radical (unpaired) electrons. The van der Waals surface area contributed by atoms with Crippen molar-refractivity contribution in [2.75, 3.05) is 0 Å². The lowest BCUT2D eigenvalue weighted by atomic mass is 9.63. The highest BCUT2D eigenvalue weighted by Crippen LogP contribution is 2.64.